The van der Waals surface area contributed by atoms with Gasteiger partial charge in [0.25, 0.3) is 0 Å². The van der Waals surface area contributed by atoms with E-state index in [9.17, 15) is 4.79 Å². The molecule has 0 unspecified atom stereocenters. The second-order valence-electron chi connectivity index (χ2n) is 2.70. The van der Waals surface area contributed by atoms with E-state index in [1.165, 1.54) is 0 Å². The number of hydrogen-bond acceptors (Lipinski definition) is 1. The highest BCUT2D eigenvalue weighted by atomic mass is 16.1. The third kappa shape index (κ3) is 1.11. The molecule has 1 saturated heterocycles. The van der Waals surface area contributed by atoms with E-state index in [1.54, 1.807) is 0 Å². The van der Waals surface area contributed by atoms with Crippen LogP contribution in [0.4, 0.5) is 0 Å². The van der Waals surface area contributed by atoms with Crippen LogP contribution in [0.25, 0.3) is 0 Å². The molecule has 1 aliphatic carbocycles. The Morgan fingerprint density at radius 1 is 1.45 bits per heavy atom. The van der Waals surface area contributed by atoms with Gasteiger partial charge in [0.1, 0.15) is 0 Å². The van der Waals surface area contributed by atoms with Crippen LogP contribution in [0.3, 0.4) is 0 Å². The zero-order valence-electron chi connectivity index (χ0n) is 6.13. The fourth-order valence-corrected chi connectivity index (χ4v) is 1.32. The molecular formula is C9H9NO. The minimum atomic E-state index is 0.109. The molecule has 0 radical (unpaired) electrons. The maximum atomic E-state index is 10.9. The lowest BCUT2D eigenvalue weighted by Gasteiger charge is -1.94. The molecular weight excluding hydrogens is 138 g/mol. The largest absolute Gasteiger partial charge is 0.326 e. The number of nitrogens with one attached hydrogen (secondary N) is 1. The minimum Gasteiger partial charge on any atom is -0.326 e. The van der Waals surface area contributed by atoms with E-state index in [2.05, 4.69) is 11.4 Å². The van der Waals surface area contributed by atoms with E-state index in [4.69, 9.17) is 0 Å². The summed E-state index contributed by atoms with van der Waals surface area (Å²) in [4.78, 5) is 10.9. The van der Waals surface area contributed by atoms with Crippen LogP contribution in [0.1, 0.15) is 12.8 Å². The van der Waals surface area contributed by atoms with Gasteiger partial charge in [0.15, 0.2) is 0 Å². The van der Waals surface area contributed by atoms with E-state index in [0.29, 0.717) is 6.42 Å². The summed E-state index contributed by atoms with van der Waals surface area (Å²) in [5.74, 6) is 0.109. The van der Waals surface area contributed by atoms with Gasteiger partial charge in [-0.1, -0.05) is 24.3 Å². The van der Waals surface area contributed by atoms with Crippen LogP contribution in [-0.4, -0.2) is 5.91 Å². The quantitative estimate of drug-likeness (QED) is 0.549. The first kappa shape index (κ1) is 6.40. The molecule has 0 bridgehead atoms. The Kier molecular flexibility index (Phi) is 1.39. The number of fused-ring (bicyclic) bond motifs is 1. The Morgan fingerprint density at radius 3 is 3.27 bits per heavy atom. The molecule has 1 N–H and O–H groups in total. The summed E-state index contributed by atoms with van der Waals surface area (Å²) in [5, 5.41) is 2.81. The summed E-state index contributed by atoms with van der Waals surface area (Å²) in [7, 11) is 0. The van der Waals surface area contributed by atoms with E-state index in [-0.39, 0.29) is 5.91 Å². The molecule has 1 heterocycles. The van der Waals surface area contributed by atoms with E-state index >= 15 is 0 Å². The summed E-state index contributed by atoms with van der Waals surface area (Å²) in [6, 6.07) is 0. The number of carbonyl (C=O) groups is 1. The molecule has 0 aromatic carbocycles. The molecule has 1 fully saturated rings. The van der Waals surface area contributed by atoms with Gasteiger partial charge >= 0.3 is 0 Å². The topological polar surface area (TPSA) is 29.1 Å². The first-order valence-corrected chi connectivity index (χ1v) is 3.72. The van der Waals surface area contributed by atoms with Crippen molar-refractivity contribution in [3.8, 4) is 0 Å². The summed E-state index contributed by atoms with van der Waals surface area (Å²) in [5.41, 5.74) is 2.11. The molecule has 2 aliphatic rings. The molecule has 0 atom stereocenters. The van der Waals surface area contributed by atoms with Crippen molar-refractivity contribution in [3.63, 3.8) is 0 Å². The van der Waals surface area contributed by atoms with Crippen LogP contribution in [-0.2, 0) is 4.79 Å². The lowest BCUT2D eigenvalue weighted by Crippen LogP contribution is -2.11. The average molecular weight is 147 g/mol. The molecule has 0 aromatic rings. The van der Waals surface area contributed by atoms with Crippen LogP contribution >= 0.6 is 0 Å². The number of amides is 1. The first-order valence-electron chi connectivity index (χ1n) is 3.72. The Morgan fingerprint density at radius 2 is 2.36 bits per heavy atom. The SMILES string of the molecule is O=C1CC2=CC=CCC=C2N1. The van der Waals surface area contributed by atoms with Crippen molar-refractivity contribution in [2.75, 3.05) is 0 Å². The summed E-state index contributed by atoms with van der Waals surface area (Å²) in [6.07, 6.45) is 9.56. The van der Waals surface area contributed by atoms with Crippen molar-refractivity contribution in [1.29, 1.82) is 0 Å². The molecule has 11 heavy (non-hydrogen) atoms. The van der Waals surface area contributed by atoms with Crippen LogP contribution in [0.15, 0.2) is 35.6 Å². The highest BCUT2D eigenvalue weighted by Gasteiger charge is 2.19. The molecule has 0 spiro atoms. The van der Waals surface area contributed by atoms with Gasteiger partial charge in [-0.3, -0.25) is 4.79 Å². The molecule has 2 rings (SSSR count). The molecule has 56 valence electrons. The summed E-state index contributed by atoms with van der Waals surface area (Å²) in [6.45, 7) is 0. The zero-order chi connectivity index (χ0) is 7.68. The zero-order valence-corrected chi connectivity index (χ0v) is 6.13. The van der Waals surface area contributed by atoms with Gasteiger partial charge in [-0.2, -0.15) is 0 Å². The van der Waals surface area contributed by atoms with Gasteiger partial charge in [0, 0.05) is 5.70 Å². The molecule has 2 heteroatoms. The second-order valence-corrected chi connectivity index (χ2v) is 2.70. The third-order valence-corrected chi connectivity index (χ3v) is 1.86. The standard InChI is InChI=1S/C9H9NO/c11-9-6-7-4-2-1-3-5-8(7)10-9/h1-2,4-5H,3,6H2,(H,10,11). The van der Waals surface area contributed by atoms with Gasteiger partial charge in [0.2, 0.25) is 5.91 Å². The van der Waals surface area contributed by atoms with E-state index in [0.717, 1.165) is 17.7 Å². The summed E-state index contributed by atoms with van der Waals surface area (Å²) >= 11 is 0. The van der Waals surface area contributed by atoms with Crippen LogP contribution in [0.5, 0.6) is 0 Å². The maximum absolute atomic E-state index is 10.9. The lowest BCUT2D eigenvalue weighted by molar-refractivity contribution is -0.118. The predicted molar refractivity (Wildman–Crippen MR) is 42.7 cm³/mol. The van der Waals surface area contributed by atoms with Crippen molar-refractivity contribution in [2.24, 2.45) is 0 Å². The van der Waals surface area contributed by atoms with E-state index < -0.39 is 0 Å². The Hall–Kier alpha value is -1.31. The molecule has 0 saturated carbocycles. The van der Waals surface area contributed by atoms with E-state index in [1.807, 2.05) is 18.2 Å². The minimum absolute atomic E-state index is 0.109. The highest BCUT2D eigenvalue weighted by Crippen LogP contribution is 2.21. The maximum Gasteiger partial charge on any atom is 0.228 e. The molecule has 1 aliphatic heterocycles. The highest BCUT2D eigenvalue weighted by molar-refractivity contribution is 5.87. The van der Waals surface area contributed by atoms with Crippen molar-refractivity contribution in [1.82, 2.24) is 5.32 Å². The average Bonchev–Trinajstić information content (AvgIpc) is 2.17. The van der Waals surface area contributed by atoms with Crippen molar-refractivity contribution >= 4 is 5.91 Å². The fraction of sp³-hybridized carbons (Fsp3) is 0.222. The summed E-state index contributed by atoms with van der Waals surface area (Å²) < 4.78 is 0. The first-order chi connectivity index (χ1) is 5.36. The molecule has 2 nitrogen and oxygen atoms in total. The molecule has 1 amide bonds. The van der Waals surface area contributed by atoms with Crippen LogP contribution in [0.2, 0.25) is 0 Å². The third-order valence-electron chi connectivity index (χ3n) is 1.86. The Balaban J connectivity index is 2.37. The predicted octanol–water partition coefficient (Wildman–Crippen LogP) is 1.28. The van der Waals surface area contributed by atoms with Crippen molar-refractivity contribution < 1.29 is 4.79 Å². The van der Waals surface area contributed by atoms with Crippen LogP contribution < -0.4 is 5.32 Å². The smallest absolute Gasteiger partial charge is 0.228 e. The number of carbonyl (C=O) groups excluding carboxylic acids is 1. The van der Waals surface area contributed by atoms with Crippen molar-refractivity contribution in [2.45, 2.75) is 12.8 Å². The Bertz CT molecular complexity index is 284. The lowest BCUT2D eigenvalue weighted by atomic mass is 10.2. The van der Waals surface area contributed by atoms with Crippen molar-refractivity contribution in [3.05, 3.63) is 35.6 Å². The second kappa shape index (κ2) is 2.38. The molecule has 0 aromatic heterocycles. The Labute approximate surface area is 65.3 Å². The van der Waals surface area contributed by atoms with Crippen LogP contribution in [0, 0.1) is 0 Å². The number of hydrogen-bond donors (Lipinski definition) is 1. The fourth-order valence-electron chi connectivity index (χ4n) is 1.32. The number of allylic oxidation sites excluding steroid dienone is 5. The normalized spacial score (nSPS) is 21.6. The van der Waals surface area contributed by atoms with Gasteiger partial charge in [-0.15, -0.1) is 0 Å². The van der Waals surface area contributed by atoms with Gasteiger partial charge in [-0.05, 0) is 12.0 Å². The monoisotopic (exact) mass is 147 g/mol. The van der Waals surface area contributed by atoms with Gasteiger partial charge in [0.05, 0.1) is 6.42 Å². The van der Waals surface area contributed by atoms with Gasteiger partial charge < -0.3 is 5.32 Å². The number of rotatable bonds is 0. The van der Waals surface area contributed by atoms with Gasteiger partial charge in [-0.25, -0.2) is 0 Å².